The van der Waals surface area contributed by atoms with Gasteiger partial charge in [-0.15, -0.1) is 0 Å². The monoisotopic (exact) mass is 297 g/mol. The molecule has 1 aliphatic carbocycles. The molecule has 0 heterocycles. The Balaban J connectivity index is 2.72. The van der Waals surface area contributed by atoms with Crippen LogP contribution in [0.15, 0.2) is 11.1 Å². The SMILES string of the molecule is COc1cc(Cl)c(C2(N=C=O)CCC2)c(OC)c1OC. The molecule has 0 aromatic heterocycles. The van der Waals surface area contributed by atoms with Crippen molar-refractivity contribution in [2.24, 2.45) is 4.99 Å². The van der Waals surface area contributed by atoms with Gasteiger partial charge in [0.15, 0.2) is 11.5 Å². The van der Waals surface area contributed by atoms with Gasteiger partial charge in [-0.3, -0.25) is 0 Å². The molecule has 0 atom stereocenters. The van der Waals surface area contributed by atoms with Crippen LogP contribution in [0.4, 0.5) is 0 Å². The van der Waals surface area contributed by atoms with E-state index in [1.165, 1.54) is 21.3 Å². The summed E-state index contributed by atoms with van der Waals surface area (Å²) in [4.78, 5) is 14.7. The lowest BCUT2D eigenvalue weighted by Crippen LogP contribution is -2.33. The molecule has 1 fully saturated rings. The van der Waals surface area contributed by atoms with Crippen molar-refractivity contribution in [3.8, 4) is 17.2 Å². The van der Waals surface area contributed by atoms with E-state index in [4.69, 9.17) is 25.8 Å². The number of rotatable bonds is 5. The summed E-state index contributed by atoms with van der Waals surface area (Å²) in [6, 6.07) is 1.65. The van der Waals surface area contributed by atoms with Gasteiger partial charge in [-0.1, -0.05) is 11.6 Å². The zero-order valence-electron chi connectivity index (χ0n) is 11.7. The summed E-state index contributed by atoms with van der Waals surface area (Å²) in [6.45, 7) is 0. The molecule has 0 amide bonds. The minimum Gasteiger partial charge on any atom is -0.493 e. The molecule has 0 unspecified atom stereocenters. The standard InChI is InChI=1S/C14H16ClNO4/c1-18-10-7-9(15)11(13(20-3)12(10)19-2)14(16-8-17)5-4-6-14/h7H,4-6H2,1-3H3. The highest BCUT2D eigenvalue weighted by Gasteiger charge is 2.44. The number of hydrogen-bond donors (Lipinski definition) is 0. The zero-order valence-corrected chi connectivity index (χ0v) is 12.4. The van der Waals surface area contributed by atoms with Crippen LogP contribution in [0.25, 0.3) is 0 Å². The van der Waals surface area contributed by atoms with Gasteiger partial charge < -0.3 is 14.2 Å². The van der Waals surface area contributed by atoms with E-state index in [1.54, 1.807) is 12.1 Å². The number of halogens is 1. The van der Waals surface area contributed by atoms with Gasteiger partial charge in [0.2, 0.25) is 11.8 Å². The van der Waals surface area contributed by atoms with Crippen LogP contribution in [-0.4, -0.2) is 27.4 Å². The zero-order chi connectivity index (χ0) is 14.8. The highest BCUT2D eigenvalue weighted by molar-refractivity contribution is 6.32. The molecule has 20 heavy (non-hydrogen) atoms. The van der Waals surface area contributed by atoms with Crippen molar-refractivity contribution < 1.29 is 19.0 Å². The molecule has 1 aromatic carbocycles. The molecule has 1 saturated carbocycles. The summed E-state index contributed by atoms with van der Waals surface area (Å²) in [5, 5.41) is 0.443. The highest BCUT2D eigenvalue weighted by Crippen LogP contribution is 2.55. The molecule has 108 valence electrons. The van der Waals surface area contributed by atoms with Crippen LogP contribution in [0, 0.1) is 0 Å². The summed E-state index contributed by atoms with van der Waals surface area (Å²) in [7, 11) is 4.57. The van der Waals surface area contributed by atoms with Crippen molar-refractivity contribution in [1.29, 1.82) is 0 Å². The number of methoxy groups -OCH3 is 3. The number of ether oxygens (including phenoxy) is 3. The minimum absolute atomic E-state index is 0.443. The van der Waals surface area contributed by atoms with E-state index in [0.29, 0.717) is 27.8 Å². The van der Waals surface area contributed by atoms with Gasteiger partial charge in [0.1, 0.15) is 5.54 Å². The molecule has 0 aliphatic heterocycles. The Morgan fingerprint density at radius 3 is 2.25 bits per heavy atom. The van der Waals surface area contributed by atoms with Gasteiger partial charge >= 0.3 is 0 Å². The smallest absolute Gasteiger partial charge is 0.235 e. The predicted molar refractivity (Wildman–Crippen MR) is 74.8 cm³/mol. The first-order valence-electron chi connectivity index (χ1n) is 6.21. The van der Waals surface area contributed by atoms with Crippen LogP contribution in [0.5, 0.6) is 17.2 Å². The van der Waals surface area contributed by atoms with Gasteiger partial charge in [0, 0.05) is 11.6 Å². The molecule has 5 nitrogen and oxygen atoms in total. The van der Waals surface area contributed by atoms with Gasteiger partial charge in [-0.25, -0.2) is 4.79 Å². The Hall–Kier alpha value is -1.71. The van der Waals surface area contributed by atoms with Crippen LogP contribution < -0.4 is 14.2 Å². The number of benzene rings is 1. The van der Waals surface area contributed by atoms with Gasteiger partial charge in [0.25, 0.3) is 0 Å². The van der Waals surface area contributed by atoms with E-state index in [1.807, 2.05) is 0 Å². The summed E-state index contributed by atoms with van der Waals surface area (Å²) in [6.07, 6.45) is 4.07. The molecule has 0 spiro atoms. The second-order valence-corrected chi connectivity index (χ2v) is 5.00. The van der Waals surface area contributed by atoms with E-state index in [0.717, 1.165) is 19.3 Å². The Kier molecular flexibility index (Phi) is 4.21. The molecule has 6 heteroatoms. The van der Waals surface area contributed by atoms with Crippen molar-refractivity contribution in [2.75, 3.05) is 21.3 Å². The third kappa shape index (κ3) is 2.13. The minimum atomic E-state index is -0.663. The normalized spacial score (nSPS) is 15.8. The van der Waals surface area contributed by atoms with Gasteiger partial charge in [-0.2, -0.15) is 4.99 Å². The van der Waals surface area contributed by atoms with E-state index in [9.17, 15) is 4.79 Å². The lowest BCUT2D eigenvalue weighted by Gasteiger charge is -2.38. The summed E-state index contributed by atoms with van der Waals surface area (Å²) in [5.74, 6) is 1.37. The fourth-order valence-electron chi connectivity index (χ4n) is 2.58. The van der Waals surface area contributed by atoms with E-state index < -0.39 is 5.54 Å². The van der Waals surface area contributed by atoms with Crippen LogP contribution in [0.1, 0.15) is 24.8 Å². The molecule has 0 bridgehead atoms. The molecule has 0 saturated heterocycles. The van der Waals surface area contributed by atoms with Crippen LogP contribution in [-0.2, 0) is 10.3 Å². The van der Waals surface area contributed by atoms with Crippen LogP contribution >= 0.6 is 11.6 Å². The highest BCUT2D eigenvalue weighted by atomic mass is 35.5. The van der Waals surface area contributed by atoms with Gasteiger partial charge in [0.05, 0.1) is 26.4 Å². The first-order valence-corrected chi connectivity index (χ1v) is 6.59. The Morgan fingerprint density at radius 2 is 1.85 bits per heavy atom. The third-order valence-corrected chi connectivity index (χ3v) is 3.99. The maximum atomic E-state index is 10.7. The van der Waals surface area contributed by atoms with Crippen molar-refractivity contribution in [2.45, 2.75) is 24.8 Å². The lowest BCUT2D eigenvalue weighted by molar-refractivity contribution is 0.241. The second-order valence-electron chi connectivity index (χ2n) is 4.59. The molecule has 0 N–H and O–H groups in total. The summed E-state index contributed by atoms with van der Waals surface area (Å²) in [5.41, 5.74) is -0.00193. The number of aliphatic imine (C=N–C) groups is 1. The molecule has 1 aliphatic rings. The number of hydrogen-bond acceptors (Lipinski definition) is 5. The molecule has 1 aromatic rings. The van der Waals surface area contributed by atoms with Gasteiger partial charge in [-0.05, 0) is 19.3 Å². The van der Waals surface area contributed by atoms with Crippen LogP contribution in [0.3, 0.4) is 0 Å². The van der Waals surface area contributed by atoms with Crippen molar-refractivity contribution in [3.05, 3.63) is 16.7 Å². The topological polar surface area (TPSA) is 57.1 Å². The van der Waals surface area contributed by atoms with Crippen LogP contribution in [0.2, 0.25) is 5.02 Å². The predicted octanol–water partition coefficient (Wildman–Crippen LogP) is 3.08. The maximum Gasteiger partial charge on any atom is 0.235 e. The first-order chi connectivity index (χ1) is 9.63. The summed E-state index contributed by atoms with van der Waals surface area (Å²) < 4.78 is 16.0. The van der Waals surface area contributed by atoms with E-state index >= 15 is 0 Å². The number of nitrogens with zero attached hydrogens (tertiary/aromatic N) is 1. The first kappa shape index (κ1) is 14.7. The average molecular weight is 298 g/mol. The Labute approximate surface area is 122 Å². The largest absolute Gasteiger partial charge is 0.493 e. The average Bonchev–Trinajstić information content (AvgIpc) is 2.42. The van der Waals surface area contributed by atoms with E-state index in [2.05, 4.69) is 4.99 Å². The van der Waals surface area contributed by atoms with E-state index in [-0.39, 0.29) is 0 Å². The third-order valence-electron chi connectivity index (χ3n) is 3.69. The molecule has 2 rings (SSSR count). The Bertz CT molecular complexity index is 563. The fourth-order valence-corrected chi connectivity index (χ4v) is 2.94. The molecule has 0 radical (unpaired) electrons. The fraction of sp³-hybridized carbons (Fsp3) is 0.500. The van der Waals surface area contributed by atoms with Crippen molar-refractivity contribution >= 4 is 17.7 Å². The lowest BCUT2D eigenvalue weighted by atomic mass is 9.72. The summed E-state index contributed by atoms with van der Waals surface area (Å²) >= 11 is 6.35. The number of carbonyl (C=O) groups excluding carboxylic acids is 1. The number of isocyanates is 1. The molecular formula is C14H16ClNO4. The van der Waals surface area contributed by atoms with Crippen molar-refractivity contribution in [3.63, 3.8) is 0 Å². The van der Waals surface area contributed by atoms with Crippen molar-refractivity contribution in [1.82, 2.24) is 0 Å². The maximum absolute atomic E-state index is 10.7. The Morgan fingerprint density at radius 1 is 1.20 bits per heavy atom. The quantitative estimate of drug-likeness (QED) is 0.619. The molecular weight excluding hydrogens is 282 g/mol. The second kappa shape index (κ2) is 5.73.